The molecule has 0 saturated carbocycles. The van der Waals surface area contributed by atoms with Crippen molar-refractivity contribution in [3.63, 3.8) is 0 Å². The van der Waals surface area contributed by atoms with Crippen molar-refractivity contribution in [2.75, 3.05) is 13.1 Å². The number of nitrogens with two attached hydrogens (primary N) is 1. The maximum absolute atomic E-state index is 6.16. The Morgan fingerprint density at radius 1 is 1.47 bits per heavy atom. The maximum Gasteiger partial charge on any atom is 0.0417 e. The molecule has 1 aromatic carbocycles. The van der Waals surface area contributed by atoms with Crippen molar-refractivity contribution in [1.82, 2.24) is 4.90 Å². The van der Waals surface area contributed by atoms with Crippen LogP contribution in [0.2, 0.25) is 5.02 Å². The molecule has 2 N–H and O–H groups in total. The molecule has 0 spiro atoms. The summed E-state index contributed by atoms with van der Waals surface area (Å²) in [6, 6.07) is 6.30. The van der Waals surface area contributed by atoms with Crippen LogP contribution in [0, 0.1) is 5.41 Å². The second-order valence-corrected chi connectivity index (χ2v) is 7.12. The van der Waals surface area contributed by atoms with E-state index in [0.717, 1.165) is 35.6 Å². The Morgan fingerprint density at radius 3 is 2.74 bits per heavy atom. The molecule has 1 aliphatic heterocycles. The predicted octanol–water partition coefficient (Wildman–Crippen LogP) is 4.08. The van der Waals surface area contributed by atoms with Crippen molar-refractivity contribution in [3.05, 3.63) is 33.3 Å². The van der Waals surface area contributed by atoms with Gasteiger partial charge in [-0.3, -0.25) is 4.90 Å². The van der Waals surface area contributed by atoms with E-state index in [2.05, 4.69) is 40.7 Å². The summed E-state index contributed by atoms with van der Waals surface area (Å²) in [4.78, 5) is 2.47. The molecule has 1 aliphatic rings. The number of piperidine rings is 1. The quantitative estimate of drug-likeness (QED) is 0.853. The summed E-state index contributed by atoms with van der Waals surface area (Å²) in [5, 5.41) is 0.770. The van der Waals surface area contributed by atoms with Crippen LogP contribution < -0.4 is 5.73 Å². The summed E-state index contributed by atoms with van der Waals surface area (Å²) in [5.41, 5.74) is 7.64. The minimum atomic E-state index is 0. The number of halogens is 3. The first-order valence-corrected chi connectivity index (χ1v) is 7.47. The number of hydrogen-bond donors (Lipinski definition) is 1. The molecule has 5 heteroatoms. The molecule has 108 valence electrons. The van der Waals surface area contributed by atoms with Crippen molar-refractivity contribution in [2.45, 2.75) is 32.9 Å². The van der Waals surface area contributed by atoms with Gasteiger partial charge in [-0.1, -0.05) is 47.4 Å². The molecule has 0 aliphatic carbocycles. The summed E-state index contributed by atoms with van der Waals surface area (Å²) in [7, 11) is 0. The van der Waals surface area contributed by atoms with Gasteiger partial charge in [0.05, 0.1) is 0 Å². The van der Waals surface area contributed by atoms with Crippen LogP contribution in [0.1, 0.15) is 25.8 Å². The predicted molar refractivity (Wildman–Crippen MR) is 88.1 cm³/mol. The molecule has 2 rings (SSSR count). The highest BCUT2D eigenvalue weighted by Crippen LogP contribution is 2.30. The van der Waals surface area contributed by atoms with E-state index >= 15 is 0 Å². The molecule has 0 amide bonds. The summed E-state index contributed by atoms with van der Waals surface area (Å²) < 4.78 is 1.09. The number of benzene rings is 1. The highest BCUT2D eigenvalue weighted by atomic mass is 79.9. The van der Waals surface area contributed by atoms with Gasteiger partial charge in [0.25, 0.3) is 0 Å². The summed E-state index contributed by atoms with van der Waals surface area (Å²) >= 11 is 9.54. The zero-order chi connectivity index (χ0) is 13.3. The Bertz CT molecular complexity index is 437. The van der Waals surface area contributed by atoms with E-state index in [-0.39, 0.29) is 17.8 Å². The molecule has 1 atom stereocenters. The van der Waals surface area contributed by atoms with E-state index in [4.69, 9.17) is 17.3 Å². The third-order valence-electron chi connectivity index (χ3n) is 3.80. The van der Waals surface area contributed by atoms with E-state index in [9.17, 15) is 0 Å². The Morgan fingerprint density at radius 2 is 2.16 bits per heavy atom. The van der Waals surface area contributed by atoms with Crippen molar-refractivity contribution in [3.8, 4) is 0 Å². The number of nitrogens with zero attached hydrogens (tertiary/aromatic N) is 1. The molecule has 19 heavy (non-hydrogen) atoms. The fourth-order valence-corrected chi connectivity index (χ4v) is 3.32. The van der Waals surface area contributed by atoms with Crippen molar-refractivity contribution in [1.29, 1.82) is 0 Å². The van der Waals surface area contributed by atoms with E-state index in [1.54, 1.807) is 0 Å². The van der Waals surface area contributed by atoms with Gasteiger partial charge in [0.1, 0.15) is 0 Å². The van der Waals surface area contributed by atoms with Crippen LogP contribution >= 0.6 is 39.9 Å². The molecule has 2 nitrogen and oxygen atoms in total. The monoisotopic (exact) mass is 366 g/mol. The van der Waals surface area contributed by atoms with Gasteiger partial charge < -0.3 is 5.73 Å². The highest BCUT2D eigenvalue weighted by molar-refractivity contribution is 9.10. The van der Waals surface area contributed by atoms with E-state index < -0.39 is 0 Å². The van der Waals surface area contributed by atoms with Crippen LogP contribution in [-0.2, 0) is 6.54 Å². The van der Waals surface area contributed by atoms with Crippen LogP contribution in [-0.4, -0.2) is 24.0 Å². The third kappa shape index (κ3) is 4.33. The van der Waals surface area contributed by atoms with Crippen molar-refractivity contribution < 1.29 is 0 Å². The van der Waals surface area contributed by atoms with Crippen LogP contribution in [0.25, 0.3) is 0 Å². The first-order chi connectivity index (χ1) is 8.38. The van der Waals surface area contributed by atoms with Crippen LogP contribution in [0.15, 0.2) is 22.7 Å². The number of likely N-dealkylation sites (tertiary alicyclic amines) is 1. The van der Waals surface area contributed by atoms with Crippen molar-refractivity contribution in [2.24, 2.45) is 11.1 Å². The zero-order valence-electron chi connectivity index (χ0n) is 11.3. The minimum Gasteiger partial charge on any atom is -0.327 e. The Balaban J connectivity index is 0.00000180. The van der Waals surface area contributed by atoms with E-state index in [1.807, 2.05) is 12.1 Å². The van der Waals surface area contributed by atoms with Gasteiger partial charge in [0.15, 0.2) is 0 Å². The SMILES string of the molecule is CC1(C)CN(Cc2ccc(Cl)cc2Br)CCC1N.Cl. The lowest BCUT2D eigenvalue weighted by Crippen LogP contribution is -2.52. The smallest absolute Gasteiger partial charge is 0.0417 e. The molecule has 1 heterocycles. The van der Waals surface area contributed by atoms with Gasteiger partial charge >= 0.3 is 0 Å². The standard InChI is InChI=1S/C14H20BrClN2.ClH/c1-14(2)9-18(6-5-13(14)17)8-10-3-4-11(16)7-12(10)15;/h3-4,7,13H,5-6,8-9,17H2,1-2H3;1H. The Labute approximate surface area is 135 Å². The number of rotatable bonds is 2. The van der Waals surface area contributed by atoms with Gasteiger partial charge in [-0.25, -0.2) is 0 Å². The van der Waals surface area contributed by atoms with Crippen LogP contribution in [0.5, 0.6) is 0 Å². The average molecular weight is 368 g/mol. The maximum atomic E-state index is 6.16. The Hall–Kier alpha value is 0.200. The molecule has 0 radical (unpaired) electrons. The summed E-state index contributed by atoms with van der Waals surface area (Å²) in [6.07, 6.45) is 1.07. The van der Waals surface area contributed by atoms with Crippen molar-refractivity contribution >= 4 is 39.9 Å². The topological polar surface area (TPSA) is 29.3 Å². The second-order valence-electron chi connectivity index (χ2n) is 5.83. The lowest BCUT2D eigenvalue weighted by Gasteiger charge is -2.42. The second kappa shape index (κ2) is 6.77. The average Bonchev–Trinajstić information content (AvgIpc) is 2.27. The first-order valence-electron chi connectivity index (χ1n) is 6.30. The molecular formula is C14H21BrCl2N2. The largest absolute Gasteiger partial charge is 0.327 e. The summed E-state index contributed by atoms with van der Waals surface area (Å²) in [6.45, 7) is 7.57. The van der Waals surface area contributed by atoms with E-state index in [1.165, 1.54) is 5.56 Å². The van der Waals surface area contributed by atoms with Gasteiger partial charge in [0.2, 0.25) is 0 Å². The fourth-order valence-electron chi connectivity index (χ4n) is 2.51. The molecule has 0 bridgehead atoms. The lowest BCUT2D eigenvalue weighted by atomic mass is 9.79. The third-order valence-corrected chi connectivity index (χ3v) is 4.77. The molecular weight excluding hydrogens is 347 g/mol. The Kier molecular flexibility index (Phi) is 6.15. The van der Waals surface area contributed by atoms with E-state index in [0.29, 0.717) is 6.04 Å². The van der Waals surface area contributed by atoms with Gasteiger partial charge in [-0.15, -0.1) is 12.4 Å². The fraction of sp³-hybridized carbons (Fsp3) is 0.571. The van der Waals surface area contributed by atoms with Gasteiger partial charge in [-0.05, 0) is 29.5 Å². The zero-order valence-corrected chi connectivity index (χ0v) is 14.5. The van der Waals surface area contributed by atoms with Gasteiger partial charge in [-0.2, -0.15) is 0 Å². The minimum absolute atomic E-state index is 0. The first kappa shape index (κ1) is 17.3. The highest BCUT2D eigenvalue weighted by Gasteiger charge is 2.33. The van der Waals surface area contributed by atoms with Gasteiger partial charge in [0, 0.05) is 35.2 Å². The molecule has 1 aromatic rings. The number of hydrogen-bond acceptors (Lipinski definition) is 2. The van der Waals surface area contributed by atoms with Crippen LogP contribution in [0.3, 0.4) is 0 Å². The van der Waals surface area contributed by atoms with Crippen LogP contribution in [0.4, 0.5) is 0 Å². The molecule has 1 fully saturated rings. The summed E-state index contributed by atoms with van der Waals surface area (Å²) in [5.74, 6) is 0. The molecule has 1 saturated heterocycles. The lowest BCUT2D eigenvalue weighted by molar-refractivity contribution is 0.0897. The molecule has 1 unspecified atom stereocenters. The molecule has 0 aromatic heterocycles. The normalized spacial score (nSPS) is 22.9.